The van der Waals surface area contributed by atoms with Crippen molar-refractivity contribution in [2.45, 2.75) is 26.0 Å². The maximum absolute atomic E-state index is 12.4. The lowest BCUT2D eigenvalue weighted by Gasteiger charge is -2.32. The molecule has 1 aromatic carbocycles. The minimum Gasteiger partial charge on any atom is -0.486 e. The molecule has 1 heterocycles. The van der Waals surface area contributed by atoms with E-state index in [1.165, 1.54) is 4.90 Å². The van der Waals surface area contributed by atoms with Gasteiger partial charge in [-0.05, 0) is 33.0 Å². The summed E-state index contributed by atoms with van der Waals surface area (Å²) in [5.41, 5.74) is 0. The second-order valence-corrected chi connectivity index (χ2v) is 5.86. The van der Waals surface area contributed by atoms with Gasteiger partial charge >= 0.3 is 5.97 Å². The number of carbonyl (C=O) groups excluding carboxylic acids is 1. The summed E-state index contributed by atoms with van der Waals surface area (Å²) in [5, 5.41) is 9.01. The lowest BCUT2D eigenvalue weighted by Crippen LogP contribution is -2.48. The molecular formula is C17H25ClN2O5. The van der Waals surface area contributed by atoms with E-state index >= 15 is 0 Å². The van der Waals surface area contributed by atoms with E-state index in [-0.39, 0.29) is 31.0 Å². The molecule has 2 unspecified atom stereocenters. The first kappa shape index (κ1) is 21.1. The lowest BCUT2D eigenvalue weighted by atomic mass is 10.2. The molecule has 0 spiro atoms. The van der Waals surface area contributed by atoms with E-state index in [0.717, 1.165) is 0 Å². The van der Waals surface area contributed by atoms with Crippen LogP contribution in [0.4, 0.5) is 0 Å². The molecule has 0 bridgehead atoms. The van der Waals surface area contributed by atoms with Crippen LogP contribution in [0.2, 0.25) is 0 Å². The van der Waals surface area contributed by atoms with Crippen LogP contribution in [-0.4, -0.2) is 72.2 Å². The van der Waals surface area contributed by atoms with Gasteiger partial charge in [-0.25, -0.2) is 0 Å². The van der Waals surface area contributed by atoms with E-state index in [1.54, 1.807) is 18.9 Å². The second-order valence-electron chi connectivity index (χ2n) is 5.86. The standard InChI is InChI=1S/C17H24N2O5.ClH/c1-4-19(16(20)10-18(3)12(2)17(21)22)9-13-11-23-14-7-5-6-8-15(14)24-13;/h5-8,12-13H,4,9-11H2,1-3H3,(H,21,22);1H. The molecule has 0 saturated carbocycles. The van der Waals surface area contributed by atoms with Crippen LogP contribution in [0.5, 0.6) is 11.5 Å². The summed E-state index contributed by atoms with van der Waals surface area (Å²) in [6.45, 7) is 4.79. The number of likely N-dealkylation sites (N-methyl/N-ethyl adjacent to an activating group) is 2. The average molecular weight is 373 g/mol. The van der Waals surface area contributed by atoms with Crippen molar-refractivity contribution in [2.24, 2.45) is 0 Å². The van der Waals surface area contributed by atoms with Crippen LogP contribution in [0.15, 0.2) is 24.3 Å². The van der Waals surface area contributed by atoms with Crippen molar-refractivity contribution in [1.29, 1.82) is 0 Å². The van der Waals surface area contributed by atoms with Crippen molar-refractivity contribution in [2.75, 3.05) is 33.3 Å². The van der Waals surface area contributed by atoms with E-state index in [9.17, 15) is 9.59 Å². The highest BCUT2D eigenvalue weighted by molar-refractivity contribution is 5.85. The molecule has 25 heavy (non-hydrogen) atoms. The monoisotopic (exact) mass is 372 g/mol. The van der Waals surface area contributed by atoms with Gasteiger partial charge in [0.1, 0.15) is 12.6 Å². The molecule has 0 saturated heterocycles. The van der Waals surface area contributed by atoms with Gasteiger partial charge in [0.05, 0.1) is 13.1 Å². The molecule has 0 aromatic heterocycles. The normalized spacial score (nSPS) is 16.7. The summed E-state index contributed by atoms with van der Waals surface area (Å²) in [6, 6.07) is 6.71. The molecule has 8 heteroatoms. The summed E-state index contributed by atoms with van der Waals surface area (Å²) in [5.74, 6) is 0.302. The van der Waals surface area contributed by atoms with Crippen molar-refractivity contribution in [3.8, 4) is 11.5 Å². The van der Waals surface area contributed by atoms with Crippen molar-refractivity contribution in [1.82, 2.24) is 9.80 Å². The van der Waals surface area contributed by atoms with Crippen LogP contribution in [0.25, 0.3) is 0 Å². The summed E-state index contributed by atoms with van der Waals surface area (Å²) in [4.78, 5) is 26.6. The van der Waals surface area contributed by atoms with Crippen molar-refractivity contribution >= 4 is 24.3 Å². The van der Waals surface area contributed by atoms with Gasteiger partial charge in [0, 0.05) is 6.54 Å². The highest BCUT2D eigenvalue weighted by atomic mass is 35.5. The number of para-hydroxylation sites is 2. The van der Waals surface area contributed by atoms with E-state index in [4.69, 9.17) is 14.6 Å². The Morgan fingerprint density at radius 1 is 1.32 bits per heavy atom. The number of aliphatic carboxylic acids is 1. The second kappa shape index (κ2) is 9.48. The molecule has 0 fully saturated rings. The highest BCUT2D eigenvalue weighted by Crippen LogP contribution is 2.30. The average Bonchev–Trinajstić information content (AvgIpc) is 2.58. The molecule has 2 rings (SSSR count). The number of halogens is 1. The van der Waals surface area contributed by atoms with Gasteiger partial charge in [0.25, 0.3) is 0 Å². The number of fused-ring (bicyclic) bond motifs is 1. The first-order chi connectivity index (χ1) is 11.4. The van der Waals surface area contributed by atoms with Crippen LogP contribution in [0.3, 0.4) is 0 Å². The van der Waals surface area contributed by atoms with Gasteiger partial charge in [-0.1, -0.05) is 12.1 Å². The highest BCUT2D eigenvalue weighted by Gasteiger charge is 2.26. The Balaban J connectivity index is 0.00000312. The Kier molecular flexibility index (Phi) is 7.99. The quantitative estimate of drug-likeness (QED) is 0.781. The smallest absolute Gasteiger partial charge is 0.320 e. The van der Waals surface area contributed by atoms with Crippen molar-refractivity contribution < 1.29 is 24.2 Å². The van der Waals surface area contributed by atoms with Crippen LogP contribution in [0, 0.1) is 0 Å². The number of hydrogen-bond acceptors (Lipinski definition) is 5. The zero-order chi connectivity index (χ0) is 17.7. The lowest BCUT2D eigenvalue weighted by molar-refractivity contribution is -0.143. The Morgan fingerprint density at radius 2 is 1.96 bits per heavy atom. The largest absolute Gasteiger partial charge is 0.486 e. The number of rotatable bonds is 7. The van der Waals surface area contributed by atoms with E-state index in [0.29, 0.717) is 31.2 Å². The predicted octanol–water partition coefficient (Wildman–Crippen LogP) is 1.50. The number of carboxylic acids is 1. The first-order valence-corrected chi connectivity index (χ1v) is 8.01. The Morgan fingerprint density at radius 3 is 2.56 bits per heavy atom. The maximum atomic E-state index is 12.4. The summed E-state index contributed by atoms with van der Waals surface area (Å²) >= 11 is 0. The molecular weight excluding hydrogens is 348 g/mol. The molecule has 0 radical (unpaired) electrons. The summed E-state index contributed by atoms with van der Waals surface area (Å²) < 4.78 is 11.5. The molecule has 2 atom stereocenters. The summed E-state index contributed by atoms with van der Waals surface area (Å²) in [7, 11) is 1.63. The Bertz CT molecular complexity index is 598. The van der Waals surface area contributed by atoms with Gasteiger partial charge in [-0.2, -0.15) is 0 Å². The molecule has 0 aliphatic carbocycles. The molecule has 1 aromatic rings. The maximum Gasteiger partial charge on any atom is 0.320 e. The van der Waals surface area contributed by atoms with E-state index in [1.807, 2.05) is 31.2 Å². The zero-order valence-corrected chi connectivity index (χ0v) is 15.5. The third kappa shape index (κ3) is 5.51. The number of carboxylic acid groups (broad SMARTS) is 1. The fourth-order valence-electron chi connectivity index (χ4n) is 2.44. The van der Waals surface area contributed by atoms with Gasteiger partial charge < -0.3 is 19.5 Å². The number of benzene rings is 1. The Labute approximate surface area is 153 Å². The third-order valence-electron chi connectivity index (χ3n) is 4.13. The topological polar surface area (TPSA) is 79.3 Å². The summed E-state index contributed by atoms with van der Waals surface area (Å²) in [6.07, 6.45) is -0.244. The number of carbonyl (C=O) groups is 2. The van der Waals surface area contributed by atoms with Crippen LogP contribution < -0.4 is 9.47 Å². The van der Waals surface area contributed by atoms with Crippen LogP contribution in [-0.2, 0) is 9.59 Å². The molecule has 1 aliphatic heterocycles. The zero-order valence-electron chi connectivity index (χ0n) is 14.7. The van der Waals surface area contributed by atoms with E-state index < -0.39 is 12.0 Å². The number of amides is 1. The molecule has 7 nitrogen and oxygen atoms in total. The van der Waals surface area contributed by atoms with E-state index in [2.05, 4.69) is 0 Å². The molecule has 1 aliphatic rings. The number of nitrogens with zero attached hydrogens (tertiary/aromatic N) is 2. The third-order valence-corrected chi connectivity index (χ3v) is 4.13. The Hall–Kier alpha value is -1.99. The fourth-order valence-corrected chi connectivity index (χ4v) is 2.44. The fraction of sp³-hybridized carbons (Fsp3) is 0.529. The minimum atomic E-state index is -0.950. The molecule has 1 N–H and O–H groups in total. The van der Waals surface area contributed by atoms with Gasteiger partial charge in [0.2, 0.25) is 5.91 Å². The minimum absolute atomic E-state index is 0. The predicted molar refractivity (Wildman–Crippen MR) is 95.6 cm³/mol. The van der Waals surface area contributed by atoms with Crippen molar-refractivity contribution in [3.63, 3.8) is 0 Å². The van der Waals surface area contributed by atoms with Gasteiger partial charge in [-0.3, -0.25) is 14.5 Å². The molecule has 140 valence electrons. The van der Waals surface area contributed by atoms with Crippen molar-refractivity contribution in [3.05, 3.63) is 24.3 Å². The van der Waals surface area contributed by atoms with Crippen LogP contribution in [0.1, 0.15) is 13.8 Å². The first-order valence-electron chi connectivity index (χ1n) is 8.01. The van der Waals surface area contributed by atoms with Crippen LogP contribution >= 0.6 is 12.4 Å². The number of ether oxygens (including phenoxy) is 2. The van der Waals surface area contributed by atoms with Gasteiger partial charge in [-0.15, -0.1) is 12.4 Å². The van der Waals surface area contributed by atoms with Gasteiger partial charge in [0.15, 0.2) is 17.6 Å². The molecule has 1 amide bonds. The SMILES string of the molecule is CCN(CC1COc2ccccc2O1)C(=O)CN(C)C(C)C(=O)O.Cl. The number of hydrogen-bond donors (Lipinski definition) is 1.